The van der Waals surface area contributed by atoms with Gasteiger partial charge >= 0.3 is 0 Å². The van der Waals surface area contributed by atoms with Crippen LogP contribution in [0.15, 0.2) is 90.1 Å². The van der Waals surface area contributed by atoms with Crippen molar-refractivity contribution in [3.63, 3.8) is 0 Å². The second-order valence-corrected chi connectivity index (χ2v) is 9.98. The minimum Gasteiger partial charge on any atom is -0.446 e. The Bertz CT molecular complexity index is 2130. The molecule has 12 heteroatoms. The number of fused-ring (bicyclic) bond motifs is 3. The van der Waals surface area contributed by atoms with Crippen LogP contribution in [-0.4, -0.2) is 45.4 Å². The monoisotopic (exact) mass is 554 g/mol. The number of rotatable bonds is 5. The standard InChI is InChI=1S/C30H22N10O2/c31-26-22(2-1-11-32-26)27-36-24-7-8-25(40-34-13-14-35-40)38-28(24)39(27)18-4-5-19-17(16-18)3-6-23(19)37-29(41)20-9-12-33-30-21(20)10-15-42-30/h1-2,4-5,7-16,23H,3,6H2,(H2,31,32)(H,37,41)/t23-/m0/s1. The Hall–Kier alpha value is -5.91. The summed E-state index contributed by atoms with van der Waals surface area (Å²) in [4.78, 5) is 33.0. The summed E-state index contributed by atoms with van der Waals surface area (Å²) >= 11 is 0. The zero-order valence-corrected chi connectivity index (χ0v) is 22.0. The highest BCUT2D eigenvalue weighted by Crippen LogP contribution is 2.36. The van der Waals surface area contributed by atoms with E-state index in [0.717, 1.165) is 29.7 Å². The van der Waals surface area contributed by atoms with Crippen LogP contribution in [0.25, 0.3) is 45.2 Å². The summed E-state index contributed by atoms with van der Waals surface area (Å²) in [5.74, 6) is 1.39. The Morgan fingerprint density at radius 3 is 2.76 bits per heavy atom. The largest absolute Gasteiger partial charge is 0.446 e. The third-order valence-corrected chi connectivity index (χ3v) is 7.57. The summed E-state index contributed by atoms with van der Waals surface area (Å²) in [5.41, 5.74) is 12.4. The molecule has 0 radical (unpaired) electrons. The smallest absolute Gasteiger partial charge is 0.252 e. The summed E-state index contributed by atoms with van der Waals surface area (Å²) in [6, 6.07) is 17.0. The number of amides is 1. The van der Waals surface area contributed by atoms with E-state index < -0.39 is 0 Å². The van der Waals surface area contributed by atoms with E-state index in [1.165, 1.54) is 11.1 Å². The van der Waals surface area contributed by atoms with E-state index in [2.05, 4.69) is 37.6 Å². The second kappa shape index (κ2) is 9.34. The van der Waals surface area contributed by atoms with Crippen LogP contribution in [-0.2, 0) is 6.42 Å². The molecule has 204 valence electrons. The third kappa shape index (κ3) is 3.80. The number of pyridine rings is 3. The van der Waals surface area contributed by atoms with Gasteiger partial charge in [-0.15, -0.1) is 4.80 Å². The molecule has 12 nitrogen and oxygen atoms in total. The van der Waals surface area contributed by atoms with Gasteiger partial charge in [-0.25, -0.2) is 19.9 Å². The number of nitrogens with zero attached hydrogens (tertiary/aromatic N) is 8. The van der Waals surface area contributed by atoms with Gasteiger partial charge in [-0.2, -0.15) is 10.2 Å². The molecule has 1 aromatic carbocycles. The molecule has 0 aliphatic heterocycles. The number of nitrogens with two attached hydrogens (primary N) is 1. The fourth-order valence-electron chi connectivity index (χ4n) is 5.63. The van der Waals surface area contributed by atoms with E-state index >= 15 is 0 Å². The number of hydrogen-bond acceptors (Lipinski definition) is 9. The van der Waals surface area contributed by atoms with Gasteiger partial charge < -0.3 is 15.5 Å². The molecule has 1 aliphatic carbocycles. The molecule has 0 bridgehead atoms. The van der Waals surface area contributed by atoms with Gasteiger partial charge in [-0.1, -0.05) is 6.07 Å². The van der Waals surface area contributed by atoms with Gasteiger partial charge in [0, 0.05) is 18.1 Å². The normalized spacial score (nSPS) is 14.4. The average Bonchev–Trinajstić information content (AvgIpc) is 3.83. The Morgan fingerprint density at radius 2 is 1.88 bits per heavy atom. The van der Waals surface area contributed by atoms with Crippen LogP contribution in [0.1, 0.15) is 33.9 Å². The molecule has 1 atom stereocenters. The highest BCUT2D eigenvalue weighted by atomic mass is 16.3. The van der Waals surface area contributed by atoms with Crippen molar-refractivity contribution in [1.29, 1.82) is 0 Å². The van der Waals surface area contributed by atoms with Gasteiger partial charge in [0.05, 0.1) is 41.2 Å². The fraction of sp³-hybridized carbons (Fsp3) is 0.100. The number of imidazole rings is 1. The van der Waals surface area contributed by atoms with Gasteiger partial charge in [0.25, 0.3) is 5.91 Å². The van der Waals surface area contributed by atoms with Gasteiger partial charge in [-0.3, -0.25) is 9.36 Å². The maximum absolute atomic E-state index is 13.3. The van der Waals surface area contributed by atoms with E-state index in [9.17, 15) is 4.79 Å². The number of nitrogens with one attached hydrogen (secondary N) is 1. The first kappa shape index (κ1) is 23.9. The maximum Gasteiger partial charge on any atom is 0.252 e. The number of carbonyl (C=O) groups excluding carboxylic acids is 1. The lowest BCUT2D eigenvalue weighted by Gasteiger charge is -2.16. The lowest BCUT2D eigenvalue weighted by atomic mass is 10.1. The van der Waals surface area contributed by atoms with Crippen LogP contribution in [0.5, 0.6) is 0 Å². The fourth-order valence-corrected chi connectivity index (χ4v) is 5.63. The molecular weight excluding hydrogens is 532 g/mol. The zero-order chi connectivity index (χ0) is 28.2. The molecule has 0 unspecified atom stereocenters. The quantitative estimate of drug-likeness (QED) is 0.318. The minimum absolute atomic E-state index is 0.125. The summed E-state index contributed by atoms with van der Waals surface area (Å²) in [6.07, 6.45) is 9.57. The topological polar surface area (TPSA) is 155 Å². The first-order chi connectivity index (χ1) is 20.6. The number of hydrogen-bond donors (Lipinski definition) is 2. The molecule has 3 N–H and O–H groups in total. The van der Waals surface area contributed by atoms with E-state index in [4.69, 9.17) is 20.1 Å². The van der Waals surface area contributed by atoms with Crippen LogP contribution < -0.4 is 11.1 Å². The third-order valence-electron chi connectivity index (χ3n) is 7.57. The SMILES string of the molecule is Nc1ncccc1-c1nc2ccc(-n3nccn3)nc2n1-c1ccc2c(c1)CC[C@@H]2NC(=O)c1ccnc2occc12. The molecule has 6 aromatic heterocycles. The molecule has 0 saturated heterocycles. The van der Waals surface area contributed by atoms with Gasteiger partial charge in [0.1, 0.15) is 11.3 Å². The zero-order valence-electron chi connectivity index (χ0n) is 22.0. The van der Waals surface area contributed by atoms with Gasteiger partial charge in [-0.05, 0) is 72.5 Å². The number of carbonyl (C=O) groups is 1. The molecule has 6 heterocycles. The highest BCUT2D eigenvalue weighted by molar-refractivity contribution is 6.05. The number of aromatic nitrogens is 8. The van der Waals surface area contributed by atoms with Gasteiger partial charge in [0.15, 0.2) is 17.3 Å². The van der Waals surface area contributed by atoms with Crippen molar-refractivity contribution in [1.82, 2.24) is 44.8 Å². The van der Waals surface area contributed by atoms with Crippen molar-refractivity contribution in [3.05, 3.63) is 102 Å². The second-order valence-electron chi connectivity index (χ2n) is 9.98. The lowest BCUT2D eigenvalue weighted by molar-refractivity contribution is 0.0938. The minimum atomic E-state index is -0.162. The van der Waals surface area contributed by atoms with E-state index in [1.807, 2.05) is 34.9 Å². The molecular formula is C30H22N10O2. The first-order valence-corrected chi connectivity index (χ1v) is 13.4. The average molecular weight is 555 g/mol. The van der Waals surface area contributed by atoms with Crippen LogP contribution >= 0.6 is 0 Å². The molecule has 7 aromatic rings. The van der Waals surface area contributed by atoms with Crippen molar-refractivity contribution < 1.29 is 9.21 Å². The Kier molecular flexibility index (Phi) is 5.32. The highest BCUT2D eigenvalue weighted by Gasteiger charge is 2.27. The number of nitrogen functional groups attached to an aromatic ring is 1. The summed E-state index contributed by atoms with van der Waals surface area (Å²) in [5, 5.41) is 12.4. The van der Waals surface area contributed by atoms with Crippen LogP contribution in [0, 0.1) is 0 Å². The van der Waals surface area contributed by atoms with E-state index in [0.29, 0.717) is 50.9 Å². The molecule has 0 fully saturated rings. The predicted molar refractivity (Wildman–Crippen MR) is 154 cm³/mol. The lowest BCUT2D eigenvalue weighted by Crippen LogP contribution is -2.27. The van der Waals surface area contributed by atoms with E-state index in [-0.39, 0.29) is 11.9 Å². The molecule has 0 saturated carbocycles. The predicted octanol–water partition coefficient (Wildman–Crippen LogP) is 4.20. The van der Waals surface area contributed by atoms with Crippen molar-refractivity contribution in [2.45, 2.75) is 18.9 Å². The molecule has 1 amide bonds. The van der Waals surface area contributed by atoms with Crippen LogP contribution in [0.2, 0.25) is 0 Å². The Balaban J connectivity index is 1.20. The van der Waals surface area contributed by atoms with Gasteiger partial charge in [0.2, 0.25) is 5.71 Å². The number of anilines is 1. The number of furan rings is 1. The summed E-state index contributed by atoms with van der Waals surface area (Å²) in [6.45, 7) is 0. The van der Waals surface area contributed by atoms with Crippen molar-refractivity contribution in [2.75, 3.05) is 5.73 Å². The molecule has 1 aliphatic rings. The Labute approximate surface area is 237 Å². The maximum atomic E-state index is 13.3. The summed E-state index contributed by atoms with van der Waals surface area (Å²) < 4.78 is 7.35. The van der Waals surface area contributed by atoms with Crippen LogP contribution in [0.3, 0.4) is 0 Å². The molecule has 8 rings (SSSR count). The van der Waals surface area contributed by atoms with E-state index in [1.54, 1.807) is 36.9 Å². The molecule has 0 spiro atoms. The number of benzene rings is 1. The van der Waals surface area contributed by atoms with Crippen LogP contribution in [0.4, 0.5) is 5.82 Å². The number of aryl methyl sites for hydroxylation is 1. The van der Waals surface area contributed by atoms with Crippen molar-refractivity contribution >= 4 is 34.0 Å². The van der Waals surface area contributed by atoms with Crippen molar-refractivity contribution in [2.24, 2.45) is 0 Å². The Morgan fingerprint density at radius 1 is 0.976 bits per heavy atom. The van der Waals surface area contributed by atoms with Crippen molar-refractivity contribution in [3.8, 4) is 22.9 Å². The first-order valence-electron chi connectivity index (χ1n) is 13.4. The summed E-state index contributed by atoms with van der Waals surface area (Å²) in [7, 11) is 0. The molecule has 42 heavy (non-hydrogen) atoms.